The van der Waals surface area contributed by atoms with Crippen LogP contribution in [0.25, 0.3) is 0 Å². The topological polar surface area (TPSA) is 12.0 Å². The Morgan fingerprint density at radius 2 is 1.85 bits per heavy atom. The minimum atomic E-state index is 0.687. The predicted molar refractivity (Wildman–Crippen MR) is 64.5 cm³/mol. The first-order valence-electron chi connectivity index (χ1n) is 5.40. The molecule has 2 heteroatoms. The highest BCUT2D eigenvalue weighted by Crippen LogP contribution is 2.17. The van der Waals surface area contributed by atoms with Gasteiger partial charge in [-0.1, -0.05) is 34.1 Å². The van der Waals surface area contributed by atoms with E-state index in [0.717, 1.165) is 11.2 Å². The van der Waals surface area contributed by atoms with Gasteiger partial charge in [-0.05, 0) is 24.6 Å². The Hall–Kier alpha value is 0.310. The Balaban J connectivity index is 3.73. The van der Waals surface area contributed by atoms with Crippen LogP contribution in [-0.2, 0) is 0 Å². The molecule has 0 saturated carbocycles. The smallest absolute Gasteiger partial charge is 0.0180 e. The van der Waals surface area contributed by atoms with Crippen LogP contribution in [0.15, 0.2) is 0 Å². The summed E-state index contributed by atoms with van der Waals surface area (Å²) in [6, 6.07) is 0.687. The van der Waals surface area contributed by atoms with E-state index < -0.39 is 0 Å². The third kappa shape index (κ3) is 6.39. The van der Waals surface area contributed by atoms with E-state index in [1.165, 1.54) is 18.6 Å². The third-order valence-corrected chi connectivity index (χ3v) is 3.63. The Bertz CT molecular complexity index is 115. The van der Waals surface area contributed by atoms with Gasteiger partial charge in [0.1, 0.15) is 0 Å². The molecule has 0 aliphatic carbocycles. The summed E-state index contributed by atoms with van der Waals surface area (Å²) in [5, 5.41) is 4.18. The fourth-order valence-corrected chi connectivity index (χ4v) is 2.57. The van der Waals surface area contributed by atoms with Crippen molar-refractivity contribution >= 4 is 11.8 Å². The van der Waals surface area contributed by atoms with Crippen LogP contribution in [0, 0.1) is 5.92 Å². The van der Waals surface area contributed by atoms with Gasteiger partial charge in [0.25, 0.3) is 0 Å². The molecular weight excluding hydrogens is 178 g/mol. The second-order valence-corrected chi connectivity index (χ2v) is 5.65. The van der Waals surface area contributed by atoms with Gasteiger partial charge in [0.05, 0.1) is 0 Å². The Labute approximate surface area is 88.1 Å². The Morgan fingerprint density at radius 3 is 2.23 bits per heavy atom. The van der Waals surface area contributed by atoms with Gasteiger partial charge in [-0.15, -0.1) is 0 Å². The minimum Gasteiger partial charge on any atom is -0.316 e. The molecule has 0 amide bonds. The molecule has 2 atom stereocenters. The van der Waals surface area contributed by atoms with Crippen LogP contribution in [0.2, 0.25) is 0 Å². The highest BCUT2D eigenvalue weighted by Gasteiger charge is 2.14. The number of nitrogens with one attached hydrogen (secondary N) is 1. The zero-order valence-corrected chi connectivity index (χ0v) is 10.6. The Kier molecular flexibility index (Phi) is 7.87. The average Bonchev–Trinajstić information content (AvgIpc) is 2.05. The summed E-state index contributed by atoms with van der Waals surface area (Å²) in [7, 11) is 2.08. The maximum absolute atomic E-state index is 3.42. The normalized spacial score (nSPS) is 16.2. The molecule has 0 heterocycles. The van der Waals surface area contributed by atoms with Crippen molar-refractivity contribution in [1.82, 2.24) is 5.32 Å². The first-order chi connectivity index (χ1) is 6.11. The summed E-state index contributed by atoms with van der Waals surface area (Å²) in [6.07, 6.45) is 2.63. The van der Waals surface area contributed by atoms with Crippen molar-refractivity contribution in [2.75, 3.05) is 12.8 Å². The zero-order chi connectivity index (χ0) is 10.3. The summed E-state index contributed by atoms with van der Waals surface area (Å²) in [5.41, 5.74) is 0. The van der Waals surface area contributed by atoms with Crippen LogP contribution in [0.1, 0.15) is 40.5 Å². The van der Waals surface area contributed by atoms with Crippen LogP contribution in [0.5, 0.6) is 0 Å². The standard InChI is InChI=1S/C11H25NS/c1-6-7-10(4)11(12-5)8-13-9(2)3/h9-12H,6-8H2,1-5H3. The van der Waals surface area contributed by atoms with Gasteiger partial charge in [-0.3, -0.25) is 0 Å². The van der Waals surface area contributed by atoms with Crippen molar-refractivity contribution in [3.8, 4) is 0 Å². The summed E-state index contributed by atoms with van der Waals surface area (Å²) in [5.74, 6) is 2.05. The quantitative estimate of drug-likeness (QED) is 0.682. The van der Waals surface area contributed by atoms with Crippen molar-refractivity contribution in [2.24, 2.45) is 5.92 Å². The molecule has 0 aromatic heterocycles. The van der Waals surface area contributed by atoms with Gasteiger partial charge in [0.15, 0.2) is 0 Å². The molecule has 0 spiro atoms. The van der Waals surface area contributed by atoms with E-state index in [0.29, 0.717) is 6.04 Å². The highest BCUT2D eigenvalue weighted by atomic mass is 32.2. The number of rotatable bonds is 7. The molecule has 0 aromatic rings. The van der Waals surface area contributed by atoms with Gasteiger partial charge < -0.3 is 5.32 Å². The van der Waals surface area contributed by atoms with Gasteiger partial charge in [0.2, 0.25) is 0 Å². The molecule has 1 N–H and O–H groups in total. The zero-order valence-electron chi connectivity index (χ0n) is 9.76. The first-order valence-corrected chi connectivity index (χ1v) is 6.45. The monoisotopic (exact) mass is 203 g/mol. The largest absolute Gasteiger partial charge is 0.316 e. The molecule has 0 bridgehead atoms. The number of hydrogen-bond donors (Lipinski definition) is 1. The molecule has 0 fully saturated rings. The van der Waals surface area contributed by atoms with Crippen LogP contribution >= 0.6 is 11.8 Å². The molecule has 13 heavy (non-hydrogen) atoms. The summed E-state index contributed by atoms with van der Waals surface area (Å²) in [4.78, 5) is 0. The van der Waals surface area contributed by atoms with Crippen molar-refractivity contribution in [2.45, 2.75) is 51.8 Å². The average molecular weight is 203 g/mol. The lowest BCUT2D eigenvalue weighted by Gasteiger charge is -2.23. The maximum atomic E-state index is 3.42. The molecule has 80 valence electrons. The maximum Gasteiger partial charge on any atom is 0.0180 e. The first kappa shape index (κ1) is 13.3. The van der Waals surface area contributed by atoms with Crippen molar-refractivity contribution in [3.63, 3.8) is 0 Å². The summed E-state index contributed by atoms with van der Waals surface area (Å²) >= 11 is 2.06. The lowest BCUT2D eigenvalue weighted by molar-refractivity contribution is 0.402. The van der Waals surface area contributed by atoms with E-state index in [1.54, 1.807) is 0 Å². The van der Waals surface area contributed by atoms with E-state index in [9.17, 15) is 0 Å². The molecule has 1 nitrogen and oxygen atoms in total. The Morgan fingerprint density at radius 1 is 1.23 bits per heavy atom. The second-order valence-electron chi connectivity index (χ2n) is 4.04. The third-order valence-electron chi connectivity index (χ3n) is 2.41. The van der Waals surface area contributed by atoms with E-state index in [1.807, 2.05) is 0 Å². The number of thioether (sulfide) groups is 1. The summed E-state index contributed by atoms with van der Waals surface area (Å²) < 4.78 is 0. The van der Waals surface area contributed by atoms with Crippen molar-refractivity contribution < 1.29 is 0 Å². The lowest BCUT2D eigenvalue weighted by atomic mass is 9.98. The lowest BCUT2D eigenvalue weighted by Crippen LogP contribution is -2.34. The van der Waals surface area contributed by atoms with Crippen LogP contribution < -0.4 is 5.32 Å². The van der Waals surface area contributed by atoms with E-state index in [4.69, 9.17) is 0 Å². The van der Waals surface area contributed by atoms with Gasteiger partial charge in [-0.25, -0.2) is 0 Å². The molecule has 0 aliphatic rings. The van der Waals surface area contributed by atoms with E-state index in [-0.39, 0.29) is 0 Å². The molecule has 0 radical (unpaired) electrons. The molecule has 0 aliphatic heterocycles. The predicted octanol–water partition coefficient (Wildman–Crippen LogP) is 3.15. The van der Waals surface area contributed by atoms with Gasteiger partial charge in [0, 0.05) is 11.8 Å². The van der Waals surface area contributed by atoms with Crippen molar-refractivity contribution in [1.29, 1.82) is 0 Å². The summed E-state index contributed by atoms with van der Waals surface area (Å²) in [6.45, 7) is 9.15. The molecular formula is C11H25NS. The molecule has 0 saturated heterocycles. The second kappa shape index (κ2) is 7.69. The van der Waals surface area contributed by atoms with E-state index in [2.05, 4.69) is 51.8 Å². The van der Waals surface area contributed by atoms with Crippen LogP contribution in [-0.4, -0.2) is 24.1 Å². The molecule has 0 aromatic carbocycles. The molecule has 0 rings (SSSR count). The van der Waals surface area contributed by atoms with Gasteiger partial charge >= 0.3 is 0 Å². The molecule has 2 unspecified atom stereocenters. The highest BCUT2D eigenvalue weighted by molar-refractivity contribution is 7.99. The minimum absolute atomic E-state index is 0.687. The van der Waals surface area contributed by atoms with Crippen molar-refractivity contribution in [3.05, 3.63) is 0 Å². The SMILES string of the molecule is CCCC(C)C(CSC(C)C)NC. The van der Waals surface area contributed by atoms with E-state index >= 15 is 0 Å². The number of hydrogen-bond acceptors (Lipinski definition) is 2. The van der Waals surface area contributed by atoms with Gasteiger partial charge in [-0.2, -0.15) is 11.8 Å². The fourth-order valence-electron chi connectivity index (χ4n) is 1.48. The van der Waals surface area contributed by atoms with Crippen LogP contribution in [0.3, 0.4) is 0 Å². The fraction of sp³-hybridized carbons (Fsp3) is 1.00. The van der Waals surface area contributed by atoms with Crippen LogP contribution in [0.4, 0.5) is 0 Å².